The SMILES string of the molecule is CC(C)(C)[C@H](NC(N)=O)C(=O)N1CCC(OCc2ccccc2)CC1. The first-order chi connectivity index (χ1) is 11.8. The number of carbonyl (C=O) groups is 2. The molecule has 6 nitrogen and oxygen atoms in total. The Hall–Kier alpha value is -2.08. The van der Waals surface area contributed by atoms with Crippen LogP contribution in [0.25, 0.3) is 0 Å². The second-order valence-corrected chi connectivity index (χ2v) is 7.63. The molecular weight excluding hydrogens is 318 g/mol. The van der Waals surface area contributed by atoms with Crippen molar-refractivity contribution in [2.24, 2.45) is 11.1 Å². The van der Waals surface area contributed by atoms with Gasteiger partial charge in [-0.3, -0.25) is 4.79 Å². The van der Waals surface area contributed by atoms with Crippen molar-refractivity contribution in [1.29, 1.82) is 0 Å². The van der Waals surface area contributed by atoms with Gasteiger partial charge in [-0.25, -0.2) is 4.79 Å². The van der Waals surface area contributed by atoms with Gasteiger partial charge in [0.05, 0.1) is 12.7 Å². The van der Waals surface area contributed by atoms with Gasteiger partial charge in [-0.2, -0.15) is 0 Å². The topological polar surface area (TPSA) is 84.7 Å². The Morgan fingerprint density at radius 1 is 1.24 bits per heavy atom. The molecular formula is C19H29N3O3. The molecule has 0 radical (unpaired) electrons. The minimum atomic E-state index is -0.672. The first kappa shape index (κ1) is 19.2. The average molecular weight is 347 g/mol. The van der Waals surface area contributed by atoms with Crippen LogP contribution in [0.4, 0.5) is 4.79 Å². The van der Waals surface area contributed by atoms with Crippen LogP contribution in [0.3, 0.4) is 0 Å². The third-order valence-corrected chi connectivity index (χ3v) is 4.48. The van der Waals surface area contributed by atoms with Gasteiger partial charge in [0.1, 0.15) is 6.04 Å². The number of benzene rings is 1. The Morgan fingerprint density at radius 2 is 1.84 bits per heavy atom. The highest BCUT2D eigenvalue weighted by Crippen LogP contribution is 2.23. The van der Waals surface area contributed by atoms with Gasteiger partial charge >= 0.3 is 6.03 Å². The van der Waals surface area contributed by atoms with Crippen LogP contribution in [0, 0.1) is 5.41 Å². The van der Waals surface area contributed by atoms with Gasteiger partial charge in [-0.05, 0) is 23.8 Å². The molecule has 25 heavy (non-hydrogen) atoms. The Morgan fingerprint density at radius 3 is 2.36 bits per heavy atom. The van der Waals surface area contributed by atoms with Crippen molar-refractivity contribution in [2.45, 2.75) is 52.4 Å². The van der Waals surface area contributed by atoms with Gasteiger partial charge < -0.3 is 20.7 Å². The summed E-state index contributed by atoms with van der Waals surface area (Å²) < 4.78 is 5.96. The van der Waals surface area contributed by atoms with E-state index in [0.29, 0.717) is 19.7 Å². The van der Waals surface area contributed by atoms with E-state index < -0.39 is 17.5 Å². The summed E-state index contributed by atoms with van der Waals surface area (Å²) in [5.74, 6) is -0.0761. The third-order valence-electron chi connectivity index (χ3n) is 4.48. The molecule has 0 spiro atoms. The molecule has 1 fully saturated rings. The zero-order valence-corrected chi connectivity index (χ0v) is 15.3. The Labute approximate surface area is 149 Å². The fourth-order valence-electron chi connectivity index (χ4n) is 3.00. The molecule has 1 saturated heterocycles. The summed E-state index contributed by atoms with van der Waals surface area (Å²) in [4.78, 5) is 25.8. The number of nitrogens with one attached hydrogen (secondary N) is 1. The number of carbonyl (C=O) groups excluding carboxylic acids is 2. The van der Waals surface area contributed by atoms with Gasteiger partial charge in [-0.1, -0.05) is 51.1 Å². The lowest BCUT2D eigenvalue weighted by Crippen LogP contribution is -2.57. The number of nitrogens with two attached hydrogens (primary N) is 1. The van der Waals surface area contributed by atoms with Gasteiger partial charge in [0, 0.05) is 13.1 Å². The maximum absolute atomic E-state index is 12.8. The lowest BCUT2D eigenvalue weighted by atomic mass is 9.85. The van der Waals surface area contributed by atoms with Crippen LogP contribution in [0.2, 0.25) is 0 Å². The van der Waals surface area contributed by atoms with Crippen molar-refractivity contribution in [3.8, 4) is 0 Å². The summed E-state index contributed by atoms with van der Waals surface area (Å²) >= 11 is 0. The van der Waals surface area contributed by atoms with E-state index in [0.717, 1.165) is 18.4 Å². The zero-order valence-electron chi connectivity index (χ0n) is 15.3. The molecule has 0 aromatic heterocycles. The van der Waals surface area contributed by atoms with E-state index in [9.17, 15) is 9.59 Å². The second-order valence-electron chi connectivity index (χ2n) is 7.63. The van der Waals surface area contributed by atoms with Gasteiger partial charge in [0.15, 0.2) is 0 Å². The molecule has 0 bridgehead atoms. The number of hydrogen-bond acceptors (Lipinski definition) is 3. The van der Waals surface area contributed by atoms with Crippen molar-refractivity contribution in [3.63, 3.8) is 0 Å². The van der Waals surface area contributed by atoms with Crippen molar-refractivity contribution in [1.82, 2.24) is 10.2 Å². The highest BCUT2D eigenvalue weighted by molar-refractivity contribution is 5.87. The van der Waals surface area contributed by atoms with Crippen LogP contribution < -0.4 is 11.1 Å². The lowest BCUT2D eigenvalue weighted by Gasteiger charge is -2.38. The van der Waals surface area contributed by atoms with Crippen LogP contribution in [-0.2, 0) is 16.1 Å². The molecule has 1 aromatic rings. The van der Waals surface area contributed by atoms with Gasteiger partial charge in [0.25, 0.3) is 0 Å². The summed E-state index contributed by atoms with van der Waals surface area (Å²) in [6.07, 6.45) is 1.75. The van der Waals surface area contributed by atoms with Crippen molar-refractivity contribution in [3.05, 3.63) is 35.9 Å². The highest BCUT2D eigenvalue weighted by Gasteiger charge is 2.36. The molecule has 1 atom stereocenters. The quantitative estimate of drug-likeness (QED) is 0.857. The van der Waals surface area contributed by atoms with Crippen molar-refractivity contribution in [2.75, 3.05) is 13.1 Å². The number of primary amides is 1. The predicted octanol–water partition coefficient (Wildman–Crippen LogP) is 2.28. The number of piperidine rings is 1. The molecule has 6 heteroatoms. The molecule has 1 aliphatic heterocycles. The van der Waals surface area contributed by atoms with Crippen LogP contribution in [0.5, 0.6) is 0 Å². The van der Waals surface area contributed by atoms with Crippen molar-refractivity contribution >= 4 is 11.9 Å². The van der Waals surface area contributed by atoms with Gasteiger partial charge in [-0.15, -0.1) is 0 Å². The van der Waals surface area contributed by atoms with Crippen LogP contribution in [0.1, 0.15) is 39.2 Å². The minimum absolute atomic E-state index is 0.0761. The molecule has 1 aromatic carbocycles. The molecule has 2 rings (SSSR count). The maximum Gasteiger partial charge on any atom is 0.312 e. The number of likely N-dealkylation sites (tertiary alicyclic amines) is 1. The Bertz CT molecular complexity index is 575. The number of amides is 3. The van der Waals surface area contributed by atoms with E-state index in [2.05, 4.69) is 5.32 Å². The molecule has 3 amide bonds. The summed E-state index contributed by atoms with van der Waals surface area (Å²) in [5.41, 5.74) is 5.99. The highest BCUT2D eigenvalue weighted by atomic mass is 16.5. The smallest absolute Gasteiger partial charge is 0.312 e. The van der Waals surface area contributed by atoms with Crippen molar-refractivity contribution < 1.29 is 14.3 Å². The van der Waals surface area contributed by atoms with E-state index in [1.807, 2.05) is 51.1 Å². The number of nitrogens with zero attached hydrogens (tertiary/aromatic N) is 1. The third kappa shape index (κ3) is 5.74. The molecule has 138 valence electrons. The van der Waals surface area contributed by atoms with Crippen LogP contribution >= 0.6 is 0 Å². The van der Waals surface area contributed by atoms with Gasteiger partial charge in [0.2, 0.25) is 5.91 Å². The summed E-state index contributed by atoms with van der Waals surface area (Å²) in [7, 11) is 0. The fourth-order valence-corrected chi connectivity index (χ4v) is 3.00. The van der Waals surface area contributed by atoms with Crippen LogP contribution in [-0.4, -0.2) is 42.1 Å². The number of hydrogen-bond donors (Lipinski definition) is 2. The van der Waals surface area contributed by atoms with Crippen LogP contribution in [0.15, 0.2) is 30.3 Å². The first-order valence-corrected chi connectivity index (χ1v) is 8.77. The first-order valence-electron chi connectivity index (χ1n) is 8.77. The molecule has 0 saturated carbocycles. The molecule has 3 N–H and O–H groups in total. The lowest BCUT2D eigenvalue weighted by molar-refractivity contribution is -0.138. The summed E-state index contributed by atoms with van der Waals surface area (Å²) in [6, 6.07) is 8.78. The zero-order chi connectivity index (χ0) is 18.4. The Balaban J connectivity index is 1.85. The molecule has 0 unspecified atom stereocenters. The average Bonchev–Trinajstić information content (AvgIpc) is 2.57. The molecule has 1 aliphatic rings. The number of rotatable bonds is 5. The predicted molar refractivity (Wildman–Crippen MR) is 96.8 cm³/mol. The second kappa shape index (κ2) is 8.34. The van der Waals surface area contributed by atoms with E-state index in [-0.39, 0.29) is 12.0 Å². The summed E-state index contributed by atoms with van der Waals surface area (Å²) in [6.45, 7) is 7.60. The normalized spacial score (nSPS) is 17.2. The number of urea groups is 1. The molecule has 1 heterocycles. The standard InChI is InChI=1S/C19H29N3O3/c1-19(2,3)16(21-18(20)24)17(23)22-11-9-15(10-12-22)25-13-14-7-5-4-6-8-14/h4-8,15-16H,9-13H2,1-3H3,(H3,20,21,24)/t16-/m1/s1. The maximum atomic E-state index is 12.8. The van der Waals surface area contributed by atoms with E-state index in [4.69, 9.17) is 10.5 Å². The fraction of sp³-hybridized carbons (Fsp3) is 0.579. The largest absolute Gasteiger partial charge is 0.373 e. The van der Waals surface area contributed by atoms with E-state index >= 15 is 0 Å². The van der Waals surface area contributed by atoms with E-state index in [1.54, 1.807) is 4.90 Å². The minimum Gasteiger partial charge on any atom is -0.373 e. The summed E-state index contributed by atoms with van der Waals surface area (Å²) in [5, 5.41) is 2.59. The molecule has 0 aliphatic carbocycles. The monoisotopic (exact) mass is 347 g/mol. The Kier molecular flexibility index (Phi) is 6.42. The number of ether oxygens (including phenoxy) is 1. The van der Waals surface area contributed by atoms with E-state index in [1.165, 1.54) is 0 Å².